The summed E-state index contributed by atoms with van der Waals surface area (Å²) >= 11 is 11.8. The zero-order valence-corrected chi connectivity index (χ0v) is 19.8. The first kappa shape index (κ1) is 22.3. The second-order valence-corrected chi connectivity index (χ2v) is 8.29. The third-order valence-corrected chi connectivity index (χ3v) is 5.92. The molecule has 166 valence electrons. The van der Waals surface area contributed by atoms with E-state index in [0.29, 0.717) is 28.5 Å². The Balaban J connectivity index is 1.75. The molecule has 8 heteroatoms. The molecule has 2 aromatic carbocycles. The molecule has 6 nitrogen and oxygen atoms in total. The van der Waals surface area contributed by atoms with Gasteiger partial charge < -0.3 is 19.5 Å². The molecule has 4 rings (SSSR count). The minimum absolute atomic E-state index is 0.221. The minimum Gasteiger partial charge on any atom is -0.494 e. The van der Waals surface area contributed by atoms with Crippen molar-refractivity contribution in [3.05, 3.63) is 70.7 Å². The second kappa shape index (κ2) is 9.71. The highest BCUT2D eigenvalue weighted by Crippen LogP contribution is 2.37. The summed E-state index contributed by atoms with van der Waals surface area (Å²) in [6.45, 7) is 7.54. The lowest BCUT2D eigenvalue weighted by Crippen LogP contribution is -2.46. The number of aromatic nitrogens is 2. The number of benzene rings is 2. The number of ether oxygens (including phenoxy) is 1. The van der Waals surface area contributed by atoms with Gasteiger partial charge >= 0.3 is 0 Å². The fourth-order valence-corrected chi connectivity index (χ4v) is 4.25. The molecular formula is C24H25ClN4O2S. The highest BCUT2D eigenvalue weighted by molar-refractivity contribution is 7.80. The number of nitrogens with zero attached hydrogens (tertiary/aromatic N) is 3. The summed E-state index contributed by atoms with van der Waals surface area (Å²) in [5.74, 6) is 1.79. The van der Waals surface area contributed by atoms with Gasteiger partial charge in [0.2, 0.25) is 5.82 Å². The van der Waals surface area contributed by atoms with Crippen molar-refractivity contribution in [2.24, 2.45) is 0 Å². The normalized spacial score (nSPS) is 16.3. The predicted molar refractivity (Wildman–Crippen MR) is 130 cm³/mol. The van der Waals surface area contributed by atoms with E-state index < -0.39 is 0 Å². The van der Waals surface area contributed by atoms with Crippen molar-refractivity contribution < 1.29 is 9.26 Å². The maximum Gasteiger partial charge on any atom is 0.258 e. The standard InChI is InChI=1S/C24H25ClN4O2S/c1-4-14-29-15(3)20(21(26-24(29)32)16-6-10-18(25)11-7-16)23-27-22(28-31-23)17-8-12-19(13-9-17)30-5-2/h6-13,21H,4-5,14H2,1-3H3,(H,26,32). The lowest BCUT2D eigenvalue weighted by Gasteiger charge is -2.37. The van der Waals surface area contributed by atoms with Crippen LogP contribution in [0.2, 0.25) is 5.02 Å². The minimum atomic E-state index is -0.221. The molecule has 0 fully saturated rings. The van der Waals surface area contributed by atoms with Gasteiger partial charge in [0, 0.05) is 22.8 Å². The molecule has 0 spiro atoms. The van der Waals surface area contributed by atoms with Crippen LogP contribution in [0.15, 0.2) is 58.8 Å². The Morgan fingerprint density at radius 3 is 2.50 bits per heavy atom. The largest absolute Gasteiger partial charge is 0.494 e. The van der Waals surface area contributed by atoms with Gasteiger partial charge in [-0.25, -0.2) is 0 Å². The van der Waals surface area contributed by atoms with Crippen LogP contribution in [0.3, 0.4) is 0 Å². The maximum atomic E-state index is 6.11. The summed E-state index contributed by atoms with van der Waals surface area (Å²) in [6.07, 6.45) is 0.958. The van der Waals surface area contributed by atoms with Gasteiger partial charge in [-0.05, 0) is 74.4 Å². The molecule has 1 aromatic heterocycles. The summed E-state index contributed by atoms with van der Waals surface area (Å²) < 4.78 is 11.3. The van der Waals surface area contributed by atoms with E-state index in [0.717, 1.165) is 41.1 Å². The van der Waals surface area contributed by atoms with Gasteiger partial charge in [-0.15, -0.1) is 0 Å². The van der Waals surface area contributed by atoms with Crippen LogP contribution < -0.4 is 10.1 Å². The summed E-state index contributed by atoms with van der Waals surface area (Å²) in [5.41, 5.74) is 3.77. The van der Waals surface area contributed by atoms with E-state index in [9.17, 15) is 0 Å². The quantitative estimate of drug-likeness (QED) is 0.435. The van der Waals surface area contributed by atoms with Gasteiger partial charge in [-0.2, -0.15) is 4.98 Å². The van der Waals surface area contributed by atoms with Crippen LogP contribution in [-0.4, -0.2) is 33.3 Å². The predicted octanol–water partition coefficient (Wildman–Crippen LogP) is 5.86. The molecule has 3 aromatic rings. The number of halogens is 1. The van der Waals surface area contributed by atoms with Gasteiger partial charge in [0.1, 0.15) is 5.75 Å². The smallest absolute Gasteiger partial charge is 0.258 e. The Bertz CT molecular complexity index is 1130. The van der Waals surface area contributed by atoms with Crippen molar-refractivity contribution in [1.82, 2.24) is 20.4 Å². The first-order chi connectivity index (χ1) is 15.5. The highest BCUT2D eigenvalue weighted by atomic mass is 35.5. The Kier molecular flexibility index (Phi) is 6.77. The Morgan fingerprint density at radius 1 is 1.12 bits per heavy atom. The topological polar surface area (TPSA) is 63.4 Å². The zero-order chi connectivity index (χ0) is 22.7. The Labute approximate surface area is 198 Å². The molecule has 0 saturated carbocycles. The monoisotopic (exact) mass is 468 g/mol. The molecule has 32 heavy (non-hydrogen) atoms. The molecule has 0 saturated heterocycles. The Hall–Kier alpha value is -2.90. The summed E-state index contributed by atoms with van der Waals surface area (Å²) in [7, 11) is 0. The van der Waals surface area contributed by atoms with E-state index >= 15 is 0 Å². The van der Waals surface area contributed by atoms with E-state index in [1.54, 1.807) is 0 Å². The number of thiocarbonyl (C=S) groups is 1. The van der Waals surface area contributed by atoms with Gasteiger partial charge in [0.25, 0.3) is 5.89 Å². The summed E-state index contributed by atoms with van der Waals surface area (Å²) in [6, 6.07) is 15.1. The van der Waals surface area contributed by atoms with Crippen LogP contribution in [0.4, 0.5) is 0 Å². The van der Waals surface area contributed by atoms with E-state index in [1.807, 2.05) is 62.4 Å². The van der Waals surface area contributed by atoms with Gasteiger partial charge in [0.15, 0.2) is 5.11 Å². The van der Waals surface area contributed by atoms with Crippen molar-refractivity contribution in [2.75, 3.05) is 13.2 Å². The zero-order valence-electron chi connectivity index (χ0n) is 18.3. The number of hydrogen-bond acceptors (Lipinski definition) is 5. The average Bonchev–Trinajstić information content (AvgIpc) is 3.27. The molecule has 1 aliphatic rings. The van der Waals surface area contributed by atoms with Crippen LogP contribution in [0.1, 0.15) is 44.7 Å². The van der Waals surface area contributed by atoms with Crippen LogP contribution in [0, 0.1) is 0 Å². The molecule has 1 unspecified atom stereocenters. The third-order valence-electron chi connectivity index (χ3n) is 5.33. The molecule has 1 N–H and O–H groups in total. The fourth-order valence-electron chi connectivity index (χ4n) is 3.77. The van der Waals surface area contributed by atoms with E-state index in [-0.39, 0.29) is 6.04 Å². The molecule has 0 bridgehead atoms. The lowest BCUT2D eigenvalue weighted by atomic mass is 9.95. The summed E-state index contributed by atoms with van der Waals surface area (Å²) in [5, 5.41) is 9.05. The molecule has 1 atom stereocenters. The van der Waals surface area contributed by atoms with Crippen molar-refractivity contribution >= 4 is 34.5 Å². The second-order valence-electron chi connectivity index (χ2n) is 7.47. The van der Waals surface area contributed by atoms with Crippen LogP contribution >= 0.6 is 23.8 Å². The third kappa shape index (κ3) is 4.49. The van der Waals surface area contributed by atoms with Crippen molar-refractivity contribution in [3.63, 3.8) is 0 Å². The van der Waals surface area contributed by atoms with Crippen molar-refractivity contribution in [1.29, 1.82) is 0 Å². The molecule has 0 aliphatic carbocycles. The number of nitrogens with one attached hydrogen (secondary N) is 1. The molecule has 0 amide bonds. The van der Waals surface area contributed by atoms with Crippen molar-refractivity contribution in [3.8, 4) is 17.1 Å². The Morgan fingerprint density at radius 2 is 1.84 bits per heavy atom. The molecular weight excluding hydrogens is 444 g/mol. The fraction of sp³-hybridized carbons (Fsp3) is 0.292. The number of hydrogen-bond donors (Lipinski definition) is 1. The number of rotatable bonds is 7. The molecule has 1 aliphatic heterocycles. The SMILES string of the molecule is CCCN1C(=S)NC(c2ccc(Cl)cc2)C(c2nc(-c3ccc(OCC)cc3)no2)=C1C. The van der Waals surface area contributed by atoms with Gasteiger partial charge in [-0.1, -0.05) is 35.8 Å². The maximum absolute atomic E-state index is 6.11. The highest BCUT2D eigenvalue weighted by Gasteiger charge is 2.33. The summed E-state index contributed by atoms with van der Waals surface area (Å²) in [4.78, 5) is 6.81. The van der Waals surface area contributed by atoms with Crippen LogP contribution in [0.25, 0.3) is 17.0 Å². The first-order valence-electron chi connectivity index (χ1n) is 10.6. The van der Waals surface area contributed by atoms with Crippen molar-refractivity contribution in [2.45, 2.75) is 33.2 Å². The first-order valence-corrected chi connectivity index (χ1v) is 11.4. The van der Waals surface area contributed by atoms with E-state index in [1.165, 1.54) is 0 Å². The van der Waals surface area contributed by atoms with Crippen LogP contribution in [-0.2, 0) is 0 Å². The average molecular weight is 469 g/mol. The van der Waals surface area contributed by atoms with Crippen LogP contribution in [0.5, 0.6) is 5.75 Å². The van der Waals surface area contributed by atoms with Gasteiger partial charge in [0.05, 0.1) is 18.2 Å². The van der Waals surface area contributed by atoms with E-state index in [4.69, 9.17) is 38.1 Å². The number of allylic oxidation sites excluding steroid dienone is 1. The lowest BCUT2D eigenvalue weighted by molar-refractivity contribution is 0.340. The van der Waals surface area contributed by atoms with E-state index in [2.05, 4.69) is 22.3 Å². The molecule has 2 heterocycles. The van der Waals surface area contributed by atoms with Gasteiger partial charge in [-0.3, -0.25) is 0 Å². The molecule has 0 radical (unpaired) electrons.